The van der Waals surface area contributed by atoms with Gasteiger partial charge in [0.05, 0.1) is 13.7 Å². The number of hydrogen-bond donors (Lipinski definition) is 2. The van der Waals surface area contributed by atoms with E-state index in [1.54, 1.807) is 30.3 Å². The number of ketones is 1. The van der Waals surface area contributed by atoms with E-state index in [-0.39, 0.29) is 36.3 Å². The highest BCUT2D eigenvalue weighted by Gasteiger charge is 2.53. The minimum absolute atomic E-state index is 0.116. The number of imide groups is 1. The average Bonchev–Trinajstić information content (AvgIpc) is 3.41. The molecule has 1 fully saturated rings. The Bertz CT molecular complexity index is 1330. The van der Waals surface area contributed by atoms with Gasteiger partial charge in [-0.15, -0.1) is 0 Å². The Morgan fingerprint density at radius 3 is 2.75 bits per heavy atom. The molecule has 10 nitrogen and oxygen atoms in total. The van der Waals surface area contributed by atoms with E-state index in [0.717, 1.165) is 5.56 Å². The molecule has 162 valence electrons. The van der Waals surface area contributed by atoms with Crippen LogP contribution in [0, 0.1) is 0 Å². The number of furan rings is 1. The smallest absolute Gasteiger partial charge is 0.322 e. The van der Waals surface area contributed by atoms with Crippen molar-refractivity contribution in [2.75, 3.05) is 13.7 Å². The number of nitrogens with zero attached hydrogens (tertiary/aromatic N) is 2. The van der Waals surface area contributed by atoms with Crippen molar-refractivity contribution < 1.29 is 28.3 Å². The molecule has 4 heterocycles. The Morgan fingerprint density at radius 1 is 1.25 bits per heavy atom. The maximum Gasteiger partial charge on any atom is 0.322 e. The van der Waals surface area contributed by atoms with E-state index in [4.69, 9.17) is 9.15 Å². The van der Waals surface area contributed by atoms with E-state index in [9.17, 15) is 19.2 Å². The lowest BCUT2D eigenvalue weighted by atomic mass is 9.95. The predicted octanol–water partition coefficient (Wildman–Crippen LogP) is 1.73. The first kappa shape index (κ1) is 19.7. The number of urea groups is 1. The number of benzene rings is 1. The molecule has 1 aromatic carbocycles. The second kappa shape index (κ2) is 6.91. The van der Waals surface area contributed by atoms with Gasteiger partial charge in [-0.2, -0.15) is 0 Å². The zero-order valence-corrected chi connectivity index (χ0v) is 17.2. The van der Waals surface area contributed by atoms with Crippen LogP contribution in [0.15, 0.2) is 40.9 Å². The third kappa shape index (κ3) is 2.91. The number of pyridine rings is 1. The van der Waals surface area contributed by atoms with Crippen LogP contribution < -0.4 is 15.4 Å². The summed E-state index contributed by atoms with van der Waals surface area (Å²) in [5, 5.41) is 5.35. The number of fused-ring (bicyclic) bond motifs is 2. The molecule has 0 unspecified atom stereocenters. The van der Waals surface area contributed by atoms with Crippen molar-refractivity contribution in [2.45, 2.75) is 19.0 Å². The number of rotatable bonds is 5. The van der Waals surface area contributed by atoms with Gasteiger partial charge in [-0.05, 0) is 36.8 Å². The zero-order valence-electron chi connectivity index (χ0n) is 17.2. The number of nitrogens with one attached hydrogen (secondary N) is 2. The van der Waals surface area contributed by atoms with Gasteiger partial charge in [-0.25, -0.2) is 9.78 Å². The summed E-state index contributed by atoms with van der Waals surface area (Å²) in [6.45, 7) is 1.53. The molecule has 2 aromatic heterocycles. The summed E-state index contributed by atoms with van der Waals surface area (Å²) in [6, 6.07) is 7.65. The second-order valence-electron chi connectivity index (χ2n) is 7.78. The Hall–Kier alpha value is -4.21. The van der Waals surface area contributed by atoms with Crippen molar-refractivity contribution in [2.24, 2.45) is 0 Å². The molecule has 5 rings (SSSR count). The summed E-state index contributed by atoms with van der Waals surface area (Å²) in [6.07, 6.45) is 1.38. The van der Waals surface area contributed by atoms with Crippen molar-refractivity contribution in [1.82, 2.24) is 20.5 Å². The molecule has 2 aliphatic rings. The molecule has 1 saturated heterocycles. The molecule has 2 N–H and O–H groups in total. The second-order valence-corrected chi connectivity index (χ2v) is 7.78. The number of aromatic nitrogens is 1. The Kier molecular flexibility index (Phi) is 4.26. The summed E-state index contributed by atoms with van der Waals surface area (Å²) in [5.41, 5.74) is 0.211. The van der Waals surface area contributed by atoms with E-state index in [0.29, 0.717) is 22.3 Å². The van der Waals surface area contributed by atoms with Gasteiger partial charge >= 0.3 is 6.03 Å². The molecule has 2 aliphatic heterocycles. The van der Waals surface area contributed by atoms with Crippen molar-refractivity contribution in [3.8, 4) is 5.75 Å². The number of carbonyl (C=O) groups is 4. The summed E-state index contributed by atoms with van der Waals surface area (Å²) < 4.78 is 11.0. The van der Waals surface area contributed by atoms with Crippen LogP contribution in [0.4, 0.5) is 4.79 Å². The van der Waals surface area contributed by atoms with Crippen molar-refractivity contribution >= 4 is 34.7 Å². The SMILES string of the molecule is COc1ccc2c(c1)C(=O)N(C[C@@]1(c3cc4cc(C(C)=O)cnc4o3)NC(=O)NC1=O)C2. The molecule has 4 amide bonds. The largest absolute Gasteiger partial charge is 0.497 e. The normalized spacial score (nSPS) is 19.8. The lowest BCUT2D eigenvalue weighted by molar-refractivity contribution is -0.125. The number of Topliss-reactive ketones (excluding diaryl/α,β-unsaturated/α-hetero) is 1. The minimum Gasteiger partial charge on any atom is -0.497 e. The number of ether oxygens (including phenoxy) is 1. The summed E-state index contributed by atoms with van der Waals surface area (Å²) in [7, 11) is 1.51. The summed E-state index contributed by atoms with van der Waals surface area (Å²) in [5.74, 6) is -0.440. The highest BCUT2D eigenvalue weighted by molar-refractivity contribution is 6.08. The van der Waals surface area contributed by atoms with Gasteiger partial charge < -0.3 is 19.4 Å². The first-order valence-corrected chi connectivity index (χ1v) is 9.81. The standard InChI is InChI=1S/C22H18N4O6/c1-11(27)14-5-13-6-17(32-18(13)23-8-14)22(20(29)24-21(30)25-22)10-26-9-12-3-4-15(31-2)7-16(12)19(26)28/h3-8H,9-10H2,1-2H3,(H2,24,25,29,30)/t22-/m0/s1. The third-order valence-corrected chi connectivity index (χ3v) is 5.76. The monoisotopic (exact) mass is 434 g/mol. The number of hydrogen-bond acceptors (Lipinski definition) is 7. The van der Waals surface area contributed by atoms with Crippen LogP contribution in [0.1, 0.15) is 39.0 Å². The van der Waals surface area contributed by atoms with Gasteiger partial charge in [0.15, 0.2) is 11.3 Å². The fourth-order valence-electron chi connectivity index (χ4n) is 4.07. The van der Waals surface area contributed by atoms with E-state index < -0.39 is 17.5 Å². The molecular weight excluding hydrogens is 416 g/mol. The van der Waals surface area contributed by atoms with Crippen LogP contribution in [-0.2, 0) is 16.9 Å². The molecule has 0 radical (unpaired) electrons. The van der Waals surface area contributed by atoms with Crippen LogP contribution >= 0.6 is 0 Å². The van der Waals surface area contributed by atoms with E-state index in [1.165, 1.54) is 25.1 Å². The third-order valence-electron chi connectivity index (χ3n) is 5.76. The topological polar surface area (TPSA) is 131 Å². The van der Waals surface area contributed by atoms with Crippen molar-refractivity contribution in [3.05, 3.63) is 59.0 Å². The minimum atomic E-state index is -1.64. The Labute approximate surface area is 181 Å². The molecule has 1 atom stereocenters. The van der Waals surface area contributed by atoms with Crippen LogP contribution in [0.2, 0.25) is 0 Å². The lowest BCUT2D eigenvalue weighted by Crippen LogP contribution is -2.52. The molecule has 0 aliphatic carbocycles. The Morgan fingerprint density at radius 2 is 2.06 bits per heavy atom. The van der Waals surface area contributed by atoms with Gasteiger partial charge in [0.1, 0.15) is 11.5 Å². The lowest BCUT2D eigenvalue weighted by Gasteiger charge is -2.28. The molecule has 0 spiro atoms. The van der Waals surface area contributed by atoms with Crippen LogP contribution in [0.3, 0.4) is 0 Å². The van der Waals surface area contributed by atoms with E-state index >= 15 is 0 Å². The summed E-state index contributed by atoms with van der Waals surface area (Å²) >= 11 is 0. The molecule has 3 aromatic rings. The van der Waals surface area contributed by atoms with Crippen LogP contribution in [-0.4, -0.2) is 47.2 Å². The van der Waals surface area contributed by atoms with E-state index in [1.807, 2.05) is 0 Å². The van der Waals surface area contributed by atoms with Gasteiger partial charge in [0, 0.05) is 29.3 Å². The average molecular weight is 434 g/mol. The van der Waals surface area contributed by atoms with Gasteiger partial charge in [0.25, 0.3) is 11.8 Å². The maximum absolute atomic E-state index is 13.1. The first-order chi connectivity index (χ1) is 15.3. The van der Waals surface area contributed by atoms with Gasteiger partial charge in [-0.3, -0.25) is 19.7 Å². The Balaban J connectivity index is 1.55. The molecule has 0 bridgehead atoms. The zero-order chi connectivity index (χ0) is 22.6. The predicted molar refractivity (Wildman–Crippen MR) is 110 cm³/mol. The first-order valence-electron chi connectivity index (χ1n) is 9.81. The van der Waals surface area contributed by atoms with Crippen LogP contribution in [0.5, 0.6) is 5.75 Å². The van der Waals surface area contributed by atoms with Gasteiger partial charge in [0.2, 0.25) is 5.71 Å². The quantitative estimate of drug-likeness (QED) is 0.462. The molecule has 32 heavy (non-hydrogen) atoms. The van der Waals surface area contributed by atoms with Crippen molar-refractivity contribution in [1.29, 1.82) is 0 Å². The number of methoxy groups -OCH3 is 1. The number of carbonyl (C=O) groups excluding carboxylic acids is 4. The highest BCUT2D eigenvalue weighted by Crippen LogP contribution is 2.34. The van der Waals surface area contributed by atoms with Crippen molar-refractivity contribution in [3.63, 3.8) is 0 Å². The molecular formula is C22H18N4O6. The summed E-state index contributed by atoms with van der Waals surface area (Å²) in [4.78, 5) is 55.4. The molecule has 0 saturated carbocycles. The maximum atomic E-state index is 13.1. The fraction of sp³-hybridized carbons (Fsp3) is 0.227. The van der Waals surface area contributed by atoms with Gasteiger partial charge in [-0.1, -0.05) is 6.07 Å². The fourth-order valence-corrected chi connectivity index (χ4v) is 4.07. The molecule has 10 heteroatoms. The number of amides is 4. The van der Waals surface area contributed by atoms with Crippen LogP contribution in [0.25, 0.3) is 11.1 Å². The van der Waals surface area contributed by atoms with E-state index in [2.05, 4.69) is 15.6 Å². The highest BCUT2D eigenvalue weighted by atomic mass is 16.5.